The van der Waals surface area contributed by atoms with Gasteiger partial charge < -0.3 is 9.84 Å². The first-order chi connectivity index (χ1) is 14.6. The molecule has 1 N–H and O–H groups in total. The monoisotopic (exact) mass is 475 g/mol. The molecule has 0 unspecified atom stereocenters. The number of ketones is 1. The van der Waals surface area contributed by atoms with Gasteiger partial charge in [0.1, 0.15) is 0 Å². The van der Waals surface area contributed by atoms with E-state index in [-0.39, 0.29) is 36.2 Å². The maximum absolute atomic E-state index is 12.9. The van der Waals surface area contributed by atoms with Crippen molar-refractivity contribution in [1.29, 1.82) is 0 Å². The molecule has 1 aliphatic rings. The molecule has 5 nitrogen and oxygen atoms in total. The Labute approximate surface area is 187 Å². The summed E-state index contributed by atoms with van der Waals surface area (Å²) in [5, 5.41) is 11.9. The van der Waals surface area contributed by atoms with Gasteiger partial charge in [0.15, 0.2) is 21.6 Å². The fraction of sp³-hybridized carbons (Fsp3) is 0.476. The second-order valence-corrected chi connectivity index (χ2v) is 9.57. The number of esters is 1. The molecule has 0 aliphatic heterocycles. The molecule has 0 spiro atoms. The van der Waals surface area contributed by atoms with Gasteiger partial charge in [0, 0.05) is 29.4 Å². The van der Waals surface area contributed by atoms with Crippen molar-refractivity contribution >= 4 is 34.9 Å². The summed E-state index contributed by atoms with van der Waals surface area (Å²) in [6, 6.07) is 0. The standard InChI is InChI=1S/C21H24F3NO4S2/c1-21(28,10-7-15(22)18(23)24)9-3-4-13-5-6-17(26)14(13)8-11-30-20-25-16(12-31-20)19(27)29-2/h3-6,12-14,28H,7-11H2,1-2H3/t13-,14+,21+/m0/s1. The van der Waals surface area contributed by atoms with Crippen LogP contribution in [0.1, 0.15) is 43.1 Å². The van der Waals surface area contributed by atoms with E-state index >= 15 is 0 Å². The van der Waals surface area contributed by atoms with Crippen molar-refractivity contribution in [3.8, 4) is 0 Å². The van der Waals surface area contributed by atoms with Crippen molar-refractivity contribution in [2.24, 2.45) is 11.8 Å². The number of aromatic nitrogens is 1. The predicted molar refractivity (Wildman–Crippen MR) is 114 cm³/mol. The lowest BCUT2D eigenvalue weighted by molar-refractivity contribution is -0.118. The molecule has 0 saturated carbocycles. The van der Waals surface area contributed by atoms with Gasteiger partial charge in [-0.1, -0.05) is 30.0 Å². The van der Waals surface area contributed by atoms with Crippen molar-refractivity contribution in [3.05, 3.63) is 47.3 Å². The maximum atomic E-state index is 12.9. The number of hydrogen-bond acceptors (Lipinski definition) is 7. The fourth-order valence-corrected chi connectivity index (χ4v) is 4.92. The molecule has 1 aliphatic carbocycles. The Kier molecular flexibility index (Phi) is 9.52. The zero-order chi connectivity index (χ0) is 23.0. The highest BCUT2D eigenvalue weighted by atomic mass is 32.2. The molecule has 0 amide bonds. The highest BCUT2D eigenvalue weighted by Crippen LogP contribution is 2.31. The van der Waals surface area contributed by atoms with Crippen LogP contribution in [0, 0.1) is 11.8 Å². The van der Waals surface area contributed by atoms with E-state index in [1.807, 2.05) is 6.08 Å². The summed E-state index contributed by atoms with van der Waals surface area (Å²) in [6.45, 7) is 1.46. The molecule has 1 aromatic rings. The van der Waals surface area contributed by atoms with Crippen LogP contribution in [0.25, 0.3) is 0 Å². The third kappa shape index (κ3) is 7.93. The van der Waals surface area contributed by atoms with Crippen molar-refractivity contribution in [3.63, 3.8) is 0 Å². The molecule has 3 atom stereocenters. The fourth-order valence-electron chi connectivity index (χ4n) is 3.04. The summed E-state index contributed by atoms with van der Waals surface area (Å²) in [5.41, 5.74) is -1.07. The van der Waals surface area contributed by atoms with Gasteiger partial charge in [-0.2, -0.15) is 8.78 Å². The Morgan fingerprint density at radius 3 is 2.84 bits per heavy atom. The second kappa shape index (κ2) is 11.6. The summed E-state index contributed by atoms with van der Waals surface area (Å²) in [6.07, 6.45) is 4.57. The molecule has 0 aromatic carbocycles. The number of hydrogen-bond donors (Lipinski definition) is 1. The lowest BCUT2D eigenvalue weighted by Gasteiger charge is -2.21. The molecule has 0 saturated heterocycles. The second-order valence-electron chi connectivity index (χ2n) is 7.37. The van der Waals surface area contributed by atoms with Crippen molar-refractivity contribution in [1.82, 2.24) is 4.98 Å². The summed E-state index contributed by atoms with van der Waals surface area (Å²) >= 11 is 2.79. The molecule has 1 aromatic heterocycles. The van der Waals surface area contributed by atoms with Crippen LogP contribution in [-0.2, 0) is 9.53 Å². The zero-order valence-electron chi connectivity index (χ0n) is 17.1. The molecule has 10 heteroatoms. The highest BCUT2D eigenvalue weighted by Gasteiger charge is 2.28. The average molecular weight is 476 g/mol. The van der Waals surface area contributed by atoms with Crippen LogP contribution in [0.2, 0.25) is 0 Å². The summed E-state index contributed by atoms with van der Waals surface area (Å²) < 4.78 is 42.6. The van der Waals surface area contributed by atoms with Gasteiger partial charge in [-0.15, -0.1) is 11.3 Å². The summed E-state index contributed by atoms with van der Waals surface area (Å²) in [4.78, 5) is 27.8. The molecule has 170 valence electrons. The zero-order valence-corrected chi connectivity index (χ0v) is 18.8. The molecular formula is C21H24F3NO4S2. The SMILES string of the molecule is COC(=O)c1csc(SCC[C@H]2C(=O)C=C[C@@H]2C=CC[C@@](C)(O)CCC(F)=C(F)F)n1. The Balaban J connectivity index is 1.84. The number of nitrogens with zero attached hydrogens (tertiary/aromatic N) is 1. The Morgan fingerprint density at radius 2 is 2.16 bits per heavy atom. The molecule has 0 radical (unpaired) electrons. The Morgan fingerprint density at radius 1 is 1.42 bits per heavy atom. The van der Waals surface area contributed by atoms with Crippen molar-refractivity contribution in [2.45, 2.75) is 42.5 Å². The van der Waals surface area contributed by atoms with Gasteiger partial charge in [-0.25, -0.2) is 14.2 Å². The minimum Gasteiger partial charge on any atom is -0.464 e. The molecular weight excluding hydrogens is 451 g/mol. The predicted octanol–water partition coefficient (Wildman–Crippen LogP) is 5.34. The molecule has 2 rings (SSSR count). The molecule has 1 heterocycles. The van der Waals surface area contributed by atoms with Crippen LogP contribution < -0.4 is 0 Å². The van der Waals surface area contributed by atoms with E-state index in [1.54, 1.807) is 17.5 Å². The minimum atomic E-state index is -2.36. The van der Waals surface area contributed by atoms with Gasteiger partial charge >= 0.3 is 12.0 Å². The highest BCUT2D eigenvalue weighted by molar-refractivity contribution is 8.01. The van der Waals surface area contributed by atoms with Gasteiger partial charge in [-0.05, 0) is 32.3 Å². The van der Waals surface area contributed by atoms with Crippen molar-refractivity contribution < 1.29 is 32.6 Å². The van der Waals surface area contributed by atoms with E-state index in [9.17, 15) is 27.9 Å². The topological polar surface area (TPSA) is 76.5 Å². The van der Waals surface area contributed by atoms with E-state index in [4.69, 9.17) is 0 Å². The lowest BCUT2D eigenvalue weighted by Crippen LogP contribution is -2.23. The normalized spacial score (nSPS) is 20.3. The van der Waals surface area contributed by atoms with Gasteiger partial charge in [-0.3, -0.25) is 4.79 Å². The van der Waals surface area contributed by atoms with E-state index in [0.717, 1.165) is 0 Å². The first-order valence-corrected chi connectivity index (χ1v) is 11.5. The molecule has 31 heavy (non-hydrogen) atoms. The number of ether oxygens (including phenoxy) is 1. The first kappa shape index (κ1) is 25.4. The number of allylic oxidation sites excluding steroid dienone is 4. The van der Waals surface area contributed by atoms with Gasteiger partial charge in [0.25, 0.3) is 0 Å². The summed E-state index contributed by atoms with van der Waals surface area (Å²) in [7, 11) is 1.29. The van der Waals surface area contributed by atoms with Gasteiger partial charge in [0.2, 0.25) is 0 Å². The maximum Gasteiger partial charge on any atom is 0.357 e. The third-order valence-corrected chi connectivity index (χ3v) is 6.90. The van der Waals surface area contributed by atoms with E-state index in [2.05, 4.69) is 9.72 Å². The van der Waals surface area contributed by atoms with E-state index < -0.39 is 29.9 Å². The van der Waals surface area contributed by atoms with Crippen LogP contribution in [0.4, 0.5) is 13.2 Å². The number of thioether (sulfide) groups is 1. The van der Waals surface area contributed by atoms with Crippen LogP contribution in [-0.4, -0.2) is 40.3 Å². The number of carbonyl (C=O) groups is 2. The number of halogens is 3. The Bertz CT molecular complexity index is 876. The minimum absolute atomic E-state index is 0.0158. The largest absolute Gasteiger partial charge is 0.464 e. The molecule has 0 bridgehead atoms. The quantitative estimate of drug-likeness (QED) is 0.265. The average Bonchev–Trinajstić information content (AvgIpc) is 3.33. The van der Waals surface area contributed by atoms with Gasteiger partial charge in [0.05, 0.1) is 12.7 Å². The van der Waals surface area contributed by atoms with E-state index in [0.29, 0.717) is 16.5 Å². The third-order valence-electron chi connectivity index (χ3n) is 4.85. The number of rotatable bonds is 11. The molecule has 0 fully saturated rings. The number of methoxy groups -OCH3 is 1. The van der Waals surface area contributed by atoms with Crippen LogP contribution in [0.15, 0.2) is 45.9 Å². The first-order valence-electron chi connectivity index (χ1n) is 9.60. The summed E-state index contributed by atoms with van der Waals surface area (Å²) in [5.74, 6) is -1.73. The van der Waals surface area contributed by atoms with Crippen LogP contribution in [0.5, 0.6) is 0 Å². The smallest absolute Gasteiger partial charge is 0.357 e. The number of carbonyl (C=O) groups excluding carboxylic acids is 2. The Hall–Kier alpha value is -1.91. The van der Waals surface area contributed by atoms with Crippen molar-refractivity contribution in [2.75, 3.05) is 12.9 Å². The number of aliphatic hydroxyl groups is 1. The van der Waals surface area contributed by atoms with Crippen LogP contribution in [0.3, 0.4) is 0 Å². The van der Waals surface area contributed by atoms with E-state index in [1.165, 1.54) is 43.2 Å². The lowest BCUT2D eigenvalue weighted by atomic mass is 9.90. The number of thiazole rings is 1. The van der Waals surface area contributed by atoms with Crippen LogP contribution >= 0.6 is 23.1 Å².